The van der Waals surface area contributed by atoms with Crippen LogP contribution in [0.4, 0.5) is 13.2 Å². The Balaban J connectivity index is 1.85. The molecule has 3 aromatic rings. The SMILES string of the molecule is COC(=O)CCN(Cc1ccc(F)c(F)c1)C(=O)c1csc(-c2ccccc2F)n1. The molecule has 0 N–H and O–H groups in total. The van der Waals surface area contributed by atoms with Crippen LogP contribution in [0, 0.1) is 17.5 Å². The van der Waals surface area contributed by atoms with Crippen LogP contribution in [0.2, 0.25) is 0 Å². The minimum atomic E-state index is -1.04. The van der Waals surface area contributed by atoms with E-state index in [0.717, 1.165) is 23.5 Å². The number of aromatic nitrogens is 1. The predicted octanol–water partition coefficient (Wildman–Crippen LogP) is 4.43. The number of hydrogen-bond acceptors (Lipinski definition) is 5. The summed E-state index contributed by atoms with van der Waals surface area (Å²) in [5.74, 6) is -3.55. The standard InChI is InChI=1S/C21H17F3N2O3S/c1-29-19(27)8-9-26(11-13-6-7-16(23)17(24)10-13)21(28)18-12-30-20(25-18)14-4-2-3-5-15(14)22/h2-7,10,12H,8-9,11H2,1H3. The van der Waals surface area contributed by atoms with E-state index in [2.05, 4.69) is 9.72 Å². The van der Waals surface area contributed by atoms with Crippen LogP contribution in [0.15, 0.2) is 47.8 Å². The monoisotopic (exact) mass is 434 g/mol. The lowest BCUT2D eigenvalue weighted by molar-refractivity contribution is -0.140. The smallest absolute Gasteiger partial charge is 0.307 e. The van der Waals surface area contributed by atoms with Gasteiger partial charge in [-0.05, 0) is 29.8 Å². The van der Waals surface area contributed by atoms with E-state index in [1.54, 1.807) is 18.2 Å². The Labute approximate surface area is 174 Å². The number of carbonyl (C=O) groups excluding carboxylic acids is 2. The summed E-state index contributed by atoms with van der Waals surface area (Å²) in [7, 11) is 1.23. The molecule has 0 bridgehead atoms. The van der Waals surface area contributed by atoms with E-state index < -0.39 is 29.3 Å². The maximum Gasteiger partial charge on any atom is 0.307 e. The third-order valence-electron chi connectivity index (χ3n) is 4.29. The van der Waals surface area contributed by atoms with Crippen molar-refractivity contribution >= 4 is 23.2 Å². The highest BCUT2D eigenvalue weighted by molar-refractivity contribution is 7.13. The van der Waals surface area contributed by atoms with E-state index in [1.807, 2.05) is 0 Å². The van der Waals surface area contributed by atoms with Crippen molar-refractivity contribution in [2.45, 2.75) is 13.0 Å². The fourth-order valence-electron chi connectivity index (χ4n) is 2.73. The number of nitrogens with zero attached hydrogens (tertiary/aromatic N) is 2. The quantitative estimate of drug-likeness (QED) is 0.516. The Morgan fingerprint density at radius 2 is 1.83 bits per heavy atom. The zero-order valence-electron chi connectivity index (χ0n) is 15.9. The van der Waals surface area contributed by atoms with Crippen LogP contribution in [-0.2, 0) is 16.1 Å². The third kappa shape index (κ3) is 5.04. The molecule has 0 aliphatic heterocycles. The molecule has 156 valence electrons. The molecule has 2 aromatic carbocycles. The Morgan fingerprint density at radius 3 is 2.53 bits per heavy atom. The van der Waals surface area contributed by atoms with E-state index in [9.17, 15) is 22.8 Å². The fraction of sp³-hybridized carbons (Fsp3) is 0.190. The average Bonchev–Trinajstić information content (AvgIpc) is 3.23. The molecule has 5 nitrogen and oxygen atoms in total. The van der Waals surface area contributed by atoms with Crippen LogP contribution in [0.1, 0.15) is 22.5 Å². The van der Waals surface area contributed by atoms with Gasteiger partial charge in [-0.25, -0.2) is 18.2 Å². The van der Waals surface area contributed by atoms with Gasteiger partial charge >= 0.3 is 5.97 Å². The van der Waals surface area contributed by atoms with Gasteiger partial charge in [-0.15, -0.1) is 11.3 Å². The van der Waals surface area contributed by atoms with Gasteiger partial charge in [-0.1, -0.05) is 18.2 Å². The Hall–Kier alpha value is -3.20. The predicted molar refractivity (Wildman–Crippen MR) is 105 cm³/mol. The summed E-state index contributed by atoms with van der Waals surface area (Å²) in [6.07, 6.45) is -0.0871. The molecular formula is C21H17F3N2O3S. The molecule has 1 amide bonds. The van der Waals surface area contributed by atoms with Gasteiger partial charge in [-0.2, -0.15) is 0 Å². The molecule has 9 heteroatoms. The van der Waals surface area contributed by atoms with Gasteiger partial charge < -0.3 is 9.64 Å². The molecular weight excluding hydrogens is 417 g/mol. The second kappa shape index (κ2) is 9.53. The molecule has 0 saturated carbocycles. The van der Waals surface area contributed by atoms with Gasteiger partial charge in [0.15, 0.2) is 11.6 Å². The summed E-state index contributed by atoms with van der Waals surface area (Å²) in [5.41, 5.74) is 0.672. The largest absolute Gasteiger partial charge is 0.469 e. The van der Waals surface area contributed by atoms with Crippen LogP contribution in [0.5, 0.6) is 0 Å². The third-order valence-corrected chi connectivity index (χ3v) is 5.16. The number of benzene rings is 2. The molecule has 30 heavy (non-hydrogen) atoms. The summed E-state index contributed by atoms with van der Waals surface area (Å²) in [6, 6.07) is 9.36. The van der Waals surface area contributed by atoms with E-state index >= 15 is 0 Å². The summed E-state index contributed by atoms with van der Waals surface area (Å²) in [4.78, 5) is 30.0. The van der Waals surface area contributed by atoms with Gasteiger partial charge in [0.2, 0.25) is 0 Å². The van der Waals surface area contributed by atoms with Crippen LogP contribution < -0.4 is 0 Å². The molecule has 0 spiro atoms. The number of amides is 1. The second-order valence-electron chi connectivity index (χ2n) is 6.32. The number of rotatable bonds is 7. The lowest BCUT2D eigenvalue weighted by Gasteiger charge is -2.21. The lowest BCUT2D eigenvalue weighted by Crippen LogP contribution is -2.33. The summed E-state index contributed by atoms with van der Waals surface area (Å²) in [6.45, 7) is -0.0867. The van der Waals surface area contributed by atoms with Crippen molar-refractivity contribution in [2.75, 3.05) is 13.7 Å². The first-order valence-corrected chi connectivity index (χ1v) is 9.77. The molecule has 0 atom stereocenters. The van der Waals surface area contributed by atoms with Crippen LogP contribution in [0.3, 0.4) is 0 Å². The van der Waals surface area contributed by atoms with Crippen molar-refractivity contribution in [3.8, 4) is 10.6 Å². The van der Waals surface area contributed by atoms with E-state index in [4.69, 9.17) is 0 Å². The number of ether oxygens (including phenoxy) is 1. The molecule has 0 unspecified atom stereocenters. The number of hydrogen-bond donors (Lipinski definition) is 0. The minimum absolute atomic E-state index is 0.0168. The fourth-order valence-corrected chi connectivity index (χ4v) is 3.55. The molecule has 0 aliphatic carbocycles. The number of halogens is 3. The molecule has 0 radical (unpaired) electrons. The topological polar surface area (TPSA) is 59.5 Å². The highest BCUT2D eigenvalue weighted by Gasteiger charge is 2.22. The minimum Gasteiger partial charge on any atom is -0.469 e. The molecule has 0 saturated heterocycles. The molecule has 0 aliphatic rings. The number of esters is 1. The first-order valence-electron chi connectivity index (χ1n) is 8.89. The van der Waals surface area contributed by atoms with E-state index in [0.29, 0.717) is 10.6 Å². The van der Waals surface area contributed by atoms with Crippen LogP contribution >= 0.6 is 11.3 Å². The average molecular weight is 434 g/mol. The first-order chi connectivity index (χ1) is 14.4. The molecule has 0 fully saturated rings. The van der Waals surface area contributed by atoms with Crippen LogP contribution in [0.25, 0.3) is 10.6 Å². The summed E-state index contributed by atoms with van der Waals surface area (Å²) in [5, 5.41) is 1.82. The Kier molecular flexibility index (Phi) is 6.83. The molecule has 1 heterocycles. The Bertz CT molecular complexity index is 1070. The van der Waals surface area contributed by atoms with Gasteiger partial charge in [0.1, 0.15) is 16.5 Å². The zero-order valence-corrected chi connectivity index (χ0v) is 16.7. The molecule has 3 rings (SSSR count). The highest BCUT2D eigenvalue weighted by atomic mass is 32.1. The summed E-state index contributed by atoms with van der Waals surface area (Å²) < 4.78 is 45.4. The summed E-state index contributed by atoms with van der Waals surface area (Å²) >= 11 is 1.10. The highest BCUT2D eigenvalue weighted by Crippen LogP contribution is 2.27. The van der Waals surface area contributed by atoms with Crippen molar-refractivity contribution in [1.29, 1.82) is 0 Å². The van der Waals surface area contributed by atoms with Gasteiger partial charge in [0, 0.05) is 24.0 Å². The van der Waals surface area contributed by atoms with Gasteiger partial charge in [0.25, 0.3) is 5.91 Å². The van der Waals surface area contributed by atoms with E-state index in [1.165, 1.54) is 29.5 Å². The first kappa shape index (κ1) is 21.5. The lowest BCUT2D eigenvalue weighted by atomic mass is 10.2. The van der Waals surface area contributed by atoms with Crippen molar-refractivity contribution in [1.82, 2.24) is 9.88 Å². The van der Waals surface area contributed by atoms with E-state index in [-0.39, 0.29) is 30.8 Å². The van der Waals surface area contributed by atoms with Gasteiger partial charge in [-0.3, -0.25) is 9.59 Å². The normalized spacial score (nSPS) is 10.7. The Morgan fingerprint density at radius 1 is 1.07 bits per heavy atom. The van der Waals surface area contributed by atoms with Gasteiger partial charge in [0.05, 0.1) is 13.5 Å². The zero-order chi connectivity index (χ0) is 21.7. The van der Waals surface area contributed by atoms with Crippen molar-refractivity contribution in [3.63, 3.8) is 0 Å². The maximum absolute atomic E-state index is 14.0. The number of carbonyl (C=O) groups is 2. The van der Waals surface area contributed by atoms with Crippen LogP contribution in [-0.4, -0.2) is 35.4 Å². The molecule has 1 aromatic heterocycles. The van der Waals surface area contributed by atoms with Crippen molar-refractivity contribution in [2.24, 2.45) is 0 Å². The number of methoxy groups -OCH3 is 1. The van der Waals surface area contributed by atoms with Crippen molar-refractivity contribution in [3.05, 3.63) is 76.6 Å². The number of thiazole rings is 1. The van der Waals surface area contributed by atoms with Crippen molar-refractivity contribution < 1.29 is 27.5 Å². The second-order valence-corrected chi connectivity index (χ2v) is 7.18. The maximum atomic E-state index is 14.0.